The molecule has 2 rings (SSSR count). The summed E-state index contributed by atoms with van der Waals surface area (Å²) in [4.78, 5) is 4.41. The molecule has 1 nitrogen and oxygen atoms in total. The molecule has 0 saturated heterocycles. The highest BCUT2D eigenvalue weighted by Crippen LogP contribution is 2.28. The maximum atomic E-state index is 13.3. The molecule has 88 valence electrons. The Bertz CT molecular complexity index is 532. The van der Waals surface area contributed by atoms with Gasteiger partial charge in [-0.1, -0.05) is 26.0 Å². The fraction of sp³-hybridized carbons (Fsp3) is 0.267. The Morgan fingerprint density at radius 2 is 1.94 bits per heavy atom. The second-order valence-corrected chi connectivity index (χ2v) is 4.55. The van der Waals surface area contributed by atoms with E-state index in [1.54, 1.807) is 13.1 Å². The Kier molecular flexibility index (Phi) is 3.23. The molecule has 0 spiro atoms. The fourth-order valence-corrected chi connectivity index (χ4v) is 1.93. The summed E-state index contributed by atoms with van der Waals surface area (Å²) >= 11 is 0. The average molecular weight is 229 g/mol. The third kappa shape index (κ3) is 2.36. The van der Waals surface area contributed by atoms with E-state index in [0.717, 1.165) is 16.8 Å². The summed E-state index contributed by atoms with van der Waals surface area (Å²) in [7, 11) is 0. The Hall–Kier alpha value is -1.70. The summed E-state index contributed by atoms with van der Waals surface area (Å²) in [6.07, 6.45) is 1.80. The van der Waals surface area contributed by atoms with Crippen molar-refractivity contribution in [2.24, 2.45) is 0 Å². The van der Waals surface area contributed by atoms with Crippen molar-refractivity contribution < 1.29 is 4.39 Å². The van der Waals surface area contributed by atoms with Crippen molar-refractivity contribution in [2.75, 3.05) is 0 Å². The minimum Gasteiger partial charge on any atom is -0.260 e. The molecular weight excluding hydrogens is 213 g/mol. The van der Waals surface area contributed by atoms with Crippen molar-refractivity contribution in [2.45, 2.75) is 26.7 Å². The molecule has 0 radical (unpaired) electrons. The molecule has 0 aliphatic heterocycles. The standard InChI is InChI=1S/C15H16FN/c1-10(2)15-13(5-4-8-17-15)12-6-7-14(16)11(3)9-12/h4-10H,1-3H3. The minimum atomic E-state index is -0.163. The van der Waals surface area contributed by atoms with Crippen molar-refractivity contribution in [3.8, 4) is 11.1 Å². The average Bonchev–Trinajstić information content (AvgIpc) is 2.32. The highest BCUT2D eigenvalue weighted by Gasteiger charge is 2.10. The van der Waals surface area contributed by atoms with E-state index in [4.69, 9.17) is 0 Å². The molecule has 2 aromatic rings. The van der Waals surface area contributed by atoms with Crippen LogP contribution in [-0.4, -0.2) is 4.98 Å². The first-order chi connectivity index (χ1) is 8.09. The van der Waals surface area contributed by atoms with Crippen LogP contribution >= 0.6 is 0 Å². The highest BCUT2D eigenvalue weighted by atomic mass is 19.1. The Morgan fingerprint density at radius 1 is 1.18 bits per heavy atom. The SMILES string of the molecule is Cc1cc(-c2cccnc2C(C)C)ccc1F. The lowest BCUT2D eigenvalue weighted by Crippen LogP contribution is -1.96. The number of benzene rings is 1. The van der Waals surface area contributed by atoms with Crippen LogP contribution in [0.1, 0.15) is 31.0 Å². The van der Waals surface area contributed by atoms with Gasteiger partial charge >= 0.3 is 0 Å². The largest absolute Gasteiger partial charge is 0.260 e. The van der Waals surface area contributed by atoms with Crippen LogP contribution in [0.4, 0.5) is 4.39 Å². The smallest absolute Gasteiger partial charge is 0.126 e. The first-order valence-electron chi connectivity index (χ1n) is 5.81. The quantitative estimate of drug-likeness (QED) is 0.747. The van der Waals surface area contributed by atoms with Gasteiger partial charge in [0.25, 0.3) is 0 Å². The van der Waals surface area contributed by atoms with Crippen molar-refractivity contribution in [1.29, 1.82) is 0 Å². The molecule has 17 heavy (non-hydrogen) atoms. The molecule has 0 saturated carbocycles. The lowest BCUT2D eigenvalue weighted by Gasteiger charge is -2.12. The first kappa shape index (κ1) is 11.8. The molecule has 1 heterocycles. The van der Waals surface area contributed by atoms with Gasteiger partial charge in [0, 0.05) is 11.8 Å². The van der Waals surface area contributed by atoms with Crippen LogP contribution in [0.2, 0.25) is 0 Å². The second kappa shape index (κ2) is 4.66. The van der Waals surface area contributed by atoms with Crippen LogP contribution in [0.25, 0.3) is 11.1 Å². The van der Waals surface area contributed by atoms with Gasteiger partial charge < -0.3 is 0 Å². The molecule has 0 atom stereocenters. The van der Waals surface area contributed by atoms with E-state index in [1.807, 2.05) is 24.3 Å². The summed E-state index contributed by atoms with van der Waals surface area (Å²) < 4.78 is 13.3. The van der Waals surface area contributed by atoms with Gasteiger partial charge in [-0.2, -0.15) is 0 Å². The van der Waals surface area contributed by atoms with Crippen LogP contribution in [0.3, 0.4) is 0 Å². The van der Waals surface area contributed by atoms with Gasteiger partial charge in [-0.3, -0.25) is 4.98 Å². The maximum absolute atomic E-state index is 13.3. The van der Waals surface area contributed by atoms with E-state index < -0.39 is 0 Å². The second-order valence-electron chi connectivity index (χ2n) is 4.55. The van der Waals surface area contributed by atoms with Gasteiger partial charge in [-0.25, -0.2) is 4.39 Å². The van der Waals surface area contributed by atoms with E-state index in [2.05, 4.69) is 18.8 Å². The number of halogens is 1. The van der Waals surface area contributed by atoms with Crippen LogP contribution in [-0.2, 0) is 0 Å². The maximum Gasteiger partial charge on any atom is 0.126 e. The minimum absolute atomic E-state index is 0.163. The van der Waals surface area contributed by atoms with Crippen LogP contribution in [0, 0.1) is 12.7 Å². The molecule has 0 amide bonds. The summed E-state index contributed by atoms with van der Waals surface area (Å²) in [5.41, 5.74) is 3.84. The summed E-state index contributed by atoms with van der Waals surface area (Å²) in [6.45, 7) is 6.01. The van der Waals surface area contributed by atoms with E-state index in [9.17, 15) is 4.39 Å². The van der Waals surface area contributed by atoms with Crippen LogP contribution in [0.5, 0.6) is 0 Å². The zero-order valence-electron chi connectivity index (χ0n) is 10.4. The zero-order chi connectivity index (χ0) is 12.4. The third-order valence-electron chi connectivity index (χ3n) is 2.85. The van der Waals surface area contributed by atoms with Gasteiger partial charge in [0.1, 0.15) is 5.82 Å². The van der Waals surface area contributed by atoms with Gasteiger partial charge in [-0.05, 0) is 42.2 Å². The number of rotatable bonds is 2. The van der Waals surface area contributed by atoms with Crippen LogP contribution < -0.4 is 0 Å². The number of aromatic nitrogens is 1. The number of aryl methyl sites for hydroxylation is 1. The topological polar surface area (TPSA) is 12.9 Å². The van der Waals surface area contributed by atoms with E-state index >= 15 is 0 Å². The van der Waals surface area contributed by atoms with Crippen molar-refractivity contribution in [1.82, 2.24) is 4.98 Å². The van der Waals surface area contributed by atoms with E-state index in [-0.39, 0.29) is 5.82 Å². The summed E-state index contributed by atoms with van der Waals surface area (Å²) in [5.74, 6) is 0.195. The molecule has 0 unspecified atom stereocenters. The molecule has 0 fully saturated rings. The Morgan fingerprint density at radius 3 is 2.59 bits per heavy atom. The molecule has 0 aliphatic carbocycles. The van der Waals surface area contributed by atoms with Gasteiger partial charge in [0.2, 0.25) is 0 Å². The zero-order valence-corrected chi connectivity index (χ0v) is 10.4. The summed E-state index contributed by atoms with van der Waals surface area (Å²) in [6, 6.07) is 9.15. The van der Waals surface area contributed by atoms with Crippen LogP contribution in [0.15, 0.2) is 36.5 Å². The van der Waals surface area contributed by atoms with Crippen molar-refractivity contribution in [3.05, 3.63) is 53.6 Å². The van der Waals surface area contributed by atoms with Gasteiger partial charge in [-0.15, -0.1) is 0 Å². The number of pyridine rings is 1. The Balaban J connectivity index is 2.56. The highest BCUT2D eigenvalue weighted by molar-refractivity contribution is 5.67. The molecular formula is C15H16FN. The molecule has 0 aliphatic rings. The number of hydrogen-bond acceptors (Lipinski definition) is 1. The number of nitrogens with zero attached hydrogens (tertiary/aromatic N) is 1. The lowest BCUT2D eigenvalue weighted by molar-refractivity contribution is 0.619. The lowest BCUT2D eigenvalue weighted by atomic mass is 9.96. The molecule has 1 aromatic heterocycles. The number of hydrogen-bond donors (Lipinski definition) is 0. The van der Waals surface area contributed by atoms with Crippen molar-refractivity contribution in [3.63, 3.8) is 0 Å². The first-order valence-corrected chi connectivity index (χ1v) is 5.81. The van der Waals surface area contributed by atoms with Gasteiger partial charge in [0.05, 0.1) is 5.69 Å². The van der Waals surface area contributed by atoms with Crippen molar-refractivity contribution >= 4 is 0 Å². The molecule has 0 bridgehead atoms. The molecule has 0 N–H and O–H groups in total. The predicted molar refractivity (Wildman–Crippen MR) is 68.5 cm³/mol. The molecule has 1 aromatic carbocycles. The van der Waals surface area contributed by atoms with E-state index in [1.165, 1.54) is 6.07 Å². The fourth-order valence-electron chi connectivity index (χ4n) is 1.93. The Labute approximate surface area is 101 Å². The monoisotopic (exact) mass is 229 g/mol. The summed E-state index contributed by atoms with van der Waals surface area (Å²) in [5, 5.41) is 0. The normalized spacial score (nSPS) is 10.9. The third-order valence-corrected chi connectivity index (χ3v) is 2.85. The molecule has 2 heteroatoms. The van der Waals surface area contributed by atoms with Gasteiger partial charge in [0.15, 0.2) is 0 Å². The van der Waals surface area contributed by atoms with E-state index in [0.29, 0.717) is 11.5 Å². The predicted octanol–water partition coefficient (Wildman–Crippen LogP) is 4.32.